The smallest absolute Gasteiger partial charge is 0.367 e. The molecule has 3 amide bonds. The van der Waals surface area contributed by atoms with Crippen molar-refractivity contribution in [3.05, 3.63) is 88.5 Å². The standard InChI is InChI=1S/C26H17F4N5O3/c27-16-3-6-21(26(28,29)30)19(11-16)23(36)34-9-7-33(8-10-34)18-12-20-22(32-14-18)25(38)35(24(20)37)17-4-1-15(13-31)2-5-17/h1-6,11-12,14H,7-10H2. The van der Waals surface area contributed by atoms with Crippen LogP contribution in [0.25, 0.3) is 0 Å². The van der Waals surface area contributed by atoms with Crippen molar-refractivity contribution in [1.29, 1.82) is 5.26 Å². The Labute approximate surface area is 213 Å². The van der Waals surface area contributed by atoms with Crippen LogP contribution in [0.3, 0.4) is 0 Å². The number of carbonyl (C=O) groups excluding carboxylic acids is 3. The molecule has 1 aromatic heterocycles. The van der Waals surface area contributed by atoms with Crippen LogP contribution in [0.1, 0.15) is 42.3 Å². The lowest BCUT2D eigenvalue weighted by atomic mass is 10.0. The zero-order valence-electron chi connectivity index (χ0n) is 19.5. The Morgan fingerprint density at radius 1 is 0.921 bits per heavy atom. The first-order valence-corrected chi connectivity index (χ1v) is 11.4. The van der Waals surface area contributed by atoms with E-state index in [1.807, 2.05) is 6.07 Å². The van der Waals surface area contributed by atoms with Crippen molar-refractivity contribution >= 4 is 29.1 Å². The van der Waals surface area contributed by atoms with Crippen LogP contribution in [0.2, 0.25) is 0 Å². The van der Waals surface area contributed by atoms with Gasteiger partial charge in [0.05, 0.1) is 45.9 Å². The van der Waals surface area contributed by atoms with Crippen LogP contribution in [-0.2, 0) is 6.18 Å². The molecule has 3 heterocycles. The minimum atomic E-state index is -4.81. The van der Waals surface area contributed by atoms with Gasteiger partial charge in [0, 0.05) is 26.2 Å². The molecule has 2 aromatic carbocycles. The second-order valence-electron chi connectivity index (χ2n) is 8.66. The summed E-state index contributed by atoms with van der Waals surface area (Å²) in [5.41, 5.74) is -0.731. The van der Waals surface area contributed by atoms with Gasteiger partial charge in [-0.1, -0.05) is 0 Å². The molecular formula is C26H17F4N5O3. The Morgan fingerprint density at radius 3 is 2.24 bits per heavy atom. The first-order valence-electron chi connectivity index (χ1n) is 11.4. The summed E-state index contributed by atoms with van der Waals surface area (Å²) in [4.78, 5) is 46.8. The van der Waals surface area contributed by atoms with Crippen molar-refractivity contribution in [3.63, 3.8) is 0 Å². The van der Waals surface area contributed by atoms with Crippen LogP contribution in [0.5, 0.6) is 0 Å². The van der Waals surface area contributed by atoms with Gasteiger partial charge in [-0.3, -0.25) is 14.4 Å². The van der Waals surface area contributed by atoms with Gasteiger partial charge >= 0.3 is 6.18 Å². The van der Waals surface area contributed by atoms with E-state index in [0.717, 1.165) is 4.90 Å². The van der Waals surface area contributed by atoms with E-state index < -0.39 is 40.8 Å². The normalized spacial score (nSPS) is 15.5. The Hall–Kier alpha value is -4.79. The molecule has 5 rings (SSSR count). The van der Waals surface area contributed by atoms with Gasteiger partial charge in [-0.15, -0.1) is 0 Å². The summed E-state index contributed by atoms with van der Waals surface area (Å²) < 4.78 is 53.7. The third-order valence-electron chi connectivity index (χ3n) is 6.42. The molecule has 0 saturated carbocycles. The summed E-state index contributed by atoms with van der Waals surface area (Å²) in [6, 6.07) is 11.2. The highest BCUT2D eigenvalue weighted by atomic mass is 19.4. The second kappa shape index (κ2) is 9.26. The quantitative estimate of drug-likeness (QED) is 0.382. The monoisotopic (exact) mass is 523 g/mol. The lowest BCUT2D eigenvalue weighted by Crippen LogP contribution is -2.49. The number of nitriles is 1. The highest BCUT2D eigenvalue weighted by Gasteiger charge is 2.39. The van der Waals surface area contributed by atoms with Crippen LogP contribution in [-0.4, -0.2) is 53.8 Å². The molecule has 2 aliphatic heterocycles. The molecule has 0 radical (unpaired) electrons. The predicted molar refractivity (Wildman–Crippen MR) is 126 cm³/mol. The maximum Gasteiger partial charge on any atom is 0.417 e. The number of anilines is 2. The molecule has 38 heavy (non-hydrogen) atoms. The van der Waals surface area contributed by atoms with E-state index in [9.17, 15) is 31.9 Å². The topological polar surface area (TPSA) is 97.6 Å². The minimum Gasteiger partial charge on any atom is -0.367 e. The molecule has 3 aromatic rings. The van der Waals surface area contributed by atoms with Gasteiger partial charge in [-0.05, 0) is 48.5 Å². The fourth-order valence-corrected chi connectivity index (χ4v) is 4.48. The molecule has 0 unspecified atom stereocenters. The van der Waals surface area contributed by atoms with Gasteiger partial charge in [0.2, 0.25) is 0 Å². The number of imide groups is 1. The lowest BCUT2D eigenvalue weighted by molar-refractivity contribution is -0.138. The average Bonchev–Trinajstić information content (AvgIpc) is 3.16. The minimum absolute atomic E-state index is 0.0253. The number of amides is 3. The average molecular weight is 523 g/mol. The number of hydrogen-bond donors (Lipinski definition) is 0. The molecule has 2 aliphatic rings. The van der Waals surface area contributed by atoms with Gasteiger partial charge < -0.3 is 9.80 Å². The third-order valence-corrected chi connectivity index (χ3v) is 6.42. The molecular weight excluding hydrogens is 506 g/mol. The zero-order valence-corrected chi connectivity index (χ0v) is 19.5. The Kier molecular flexibility index (Phi) is 6.06. The molecule has 0 aliphatic carbocycles. The van der Waals surface area contributed by atoms with Crippen LogP contribution in [0.15, 0.2) is 54.7 Å². The van der Waals surface area contributed by atoms with Crippen LogP contribution < -0.4 is 9.80 Å². The maximum atomic E-state index is 13.7. The number of hydrogen-bond acceptors (Lipinski definition) is 6. The van der Waals surface area contributed by atoms with E-state index in [4.69, 9.17) is 5.26 Å². The summed E-state index contributed by atoms with van der Waals surface area (Å²) in [5.74, 6) is -3.06. The van der Waals surface area contributed by atoms with Crippen molar-refractivity contribution in [1.82, 2.24) is 9.88 Å². The number of carbonyl (C=O) groups is 3. The van der Waals surface area contributed by atoms with Crippen LogP contribution >= 0.6 is 0 Å². The molecule has 1 fully saturated rings. The first kappa shape index (κ1) is 24.9. The summed E-state index contributed by atoms with van der Waals surface area (Å²) in [5, 5.41) is 8.96. The third kappa shape index (κ3) is 4.32. The Balaban J connectivity index is 1.32. The summed E-state index contributed by atoms with van der Waals surface area (Å²) >= 11 is 0. The number of benzene rings is 2. The van der Waals surface area contributed by atoms with Crippen LogP contribution in [0.4, 0.5) is 28.9 Å². The van der Waals surface area contributed by atoms with Gasteiger partial charge in [-0.25, -0.2) is 14.3 Å². The molecule has 0 N–H and O–H groups in total. The number of piperazine rings is 1. The second-order valence-corrected chi connectivity index (χ2v) is 8.66. The number of rotatable bonds is 3. The molecule has 8 nitrogen and oxygen atoms in total. The van der Waals surface area contributed by atoms with Crippen molar-refractivity contribution in [2.45, 2.75) is 6.18 Å². The van der Waals surface area contributed by atoms with Crippen molar-refractivity contribution < 1.29 is 31.9 Å². The van der Waals surface area contributed by atoms with Gasteiger partial charge in [0.15, 0.2) is 0 Å². The van der Waals surface area contributed by atoms with Gasteiger partial charge in [0.25, 0.3) is 17.7 Å². The molecule has 0 atom stereocenters. The Morgan fingerprint density at radius 2 is 1.61 bits per heavy atom. The maximum absolute atomic E-state index is 13.7. The number of nitrogens with zero attached hydrogens (tertiary/aromatic N) is 5. The molecule has 12 heteroatoms. The van der Waals surface area contributed by atoms with Crippen molar-refractivity contribution in [2.24, 2.45) is 0 Å². The Bertz CT molecular complexity index is 1510. The van der Waals surface area contributed by atoms with Crippen LogP contribution in [0, 0.1) is 17.1 Å². The van der Waals surface area contributed by atoms with Gasteiger partial charge in [-0.2, -0.15) is 18.4 Å². The van der Waals surface area contributed by atoms with E-state index in [2.05, 4.69) is 4.98 Å². The van der Waals surface area contributed by atoms with Crippen molar-refractivity contribution in [2.75, 3.05) is 36.0 Å². The molecule has 1 saturated heterocycles. The SMILES string of the molecule is N#Cc1ccc(N2C(=O)c3cc(N4CCN(C(=O)c5cc(F)ccc5C(F)(F)F)CC4)cnc3C2=O)cc1. The zero-order chi connectivity index (χ0) is 27.2. The fraction of sp³-hybridized carbons (Fsp3) is 0.192. The van der Waals surface area contributed by atoms with Crippen molar-refractivity contribution in [3.8, 4) is 6.07 Å². The molecule has 0 spiro atoms. The number of halogens is 4. The summed E-state index contributed by atoms with van der Waals surface area (Å²) in [7, 11) is 0. The van der Waals surface area contributed by atoms with E-state index >= 15 is 0 Å². The fourth-order valence-electron chi connectivity index (χ4n) is 4.48. The first-order chi connectivity index (χ1) is 18.1. The number of aromatic nitrogens is 1. The highest BCUT2D eigenvalue weighted by Crippen LogP contribution is 2.34. The lowest BCUT2D eigenvalue weighted by Gasteiger charge is -2.36. The number of alkyl halides is 3. The summed E-state index contributed by atoms with van der Waals surface area (Å²) in [6.07, 6.45) is -3.40. The van der Waals surface area contributed by atoms with E-state index in [1.165, 1.54) is 41.4 Å². The predicted octanol–water partition coefficient (Wildman–Crippen LogP) is 3.87. The van der Waals surface area contributed by atoms with E-state index in [0.29, 0.717) is 35.1 Å². The number of pyridine rings is 1. The summed E-state index contributed by atoms with van der Waals surface area (Å²) in [6.45, 7) is 0.524. The highest BCUT2D eigenvalue weighted by molar-refractivity contribution is 6.33. The molecule has 192 valence electrons. The van der Waals surface area contributed by atoms with Gasteiger partial charge in [0.1, 0.15) is 11.5 Å². The molecule has 0 bridgehead atoms. The largest absolute Gasteiger partial charge is 0.417 e. The van der Waals surface area contributed by atoms with E-state index in [-0.39, 0.29) is 37.4 Å². The number of fused-ring (bicyclic) bond motifs is 1. The van der Waals surface area contributed by atoms with E-state index in [1.54, 1.807) is 4.90 Å².